The molecule has 3 aliphatic carbocycles. The Labute approximate surface area is 269 Å². The summed E-state index contributed by atoms with van der Waals surface area (Å²) in [6.07, 6.45) is 11.6. The highest BCUT2D eigenvalue weighted by Crippen LogP contribution is 2.72. The number of hydrogen-bond donors (Lipinski definition) is 1. The highest BCUT2D eigenvalue weighted by atomic mass is 79.9. The minimum atomic E-state index is -1.65. The third-order valence-corrected chi connectivity index (χ3v) is 12.8. The van der Waals surface area contributed by atoms with E-state index in [-0.39, 0.29) is 33.0 Å². The first kappa shape index (κ1) is 33.0. The Morgan fingerprint density at radius 1 is 1.14 bits per heavy atom. The number of unbranched alkanes of at least 4 members (excludes halogenated alkanes) is 1. The minimum Gasteiger partial charge on any atom is -0.365 e. The van der Waals surface area contributed by atoms with Crippen molar-refractivity contribution in [2.75, 3.05) is 5.33 Å². The Kier molecular flexibility index (Phi) is 11.0. The van der Waals surface area contributed by atoms with Crippen LogP contribution in [0, 0.1) is 29.6 Å². The lowest BCUT2D eigenvalue weighted by molar-refractivity contribution is -0.389. The number of halogens is 8. The van der Waals surface area contributed by atoms with Crippen molar-refractivity contribution >= 4 is 110 Å². The number of terminal acetylenes is 1. The van der Waals surface area contributed by atoms with Gasteiger partial charge in [-0.2, -0.15) is 0 Å². The quantitative estimate of drug-likeness (QED) is 0.0729. The molecule has 36 heavy (non-hydrogen) atoms. The van der Waals surface area contributed by atoms with Crippen LogP contribution in [0.1, 0.15) is 78.1 Å². The third-order valence-electron chi connectivity index (χ3n) is 7.84. The molecule has 0 saturated heterocycles. The fraction of sp³-hybridized carbons (Fsp3) is 0.920. The van der Waals surface area contributed by atoms with E-state index < -0.39 is 25.1 Å². The molecule has 0 aliphatic heterocycles. The molecule has 11 heteroatoms. The van der Waals surface area contributed by atoms with Crippen LogP contribution in [0.3, 0.4) is 0 Å². The van der Waals surface area contributed by atoms with E-state index in [0.717, 1.165) is 37.4 Å². The number of alkyl halides is 8. The molecule has 0 amide bonds. The fourth-order valence-corrected chi connectivity index (χ4v) is 8.56. The second-order valence-electron chi connectivity index (χ2n) is 10.9. The Morgan fingerprint density at radius 3 is 2.14 bits per heavy atom. The standard InChI is InChI=1S/C25H34Br4Cl4O3/c1-4-5-6-8-18(17-13-22(17,29)31)35-23(10-7-12-26,19-14-21(19,27)28)36-25(34,11-9-16(2)30)20(3)15-24(20,32)33/h1,16-19,34H,5-15H2,2-3H3. The topological polar surface area (TPSA) is 38.7 Å². The first-order valence-electron chi connectivity index (χ1n) is 12.4. The Hall–Kier alpha value is 2.52. The predicted molar refractivity (Wildman–Crippen MR) is 165 cm³/mol. The van der Waals surface area contributed by atoms with Gasteiger partial charge in [-0.3, -0.25) is 0 Å². The van der Waals surface area contributed by atoms with E-state index in [1.165, 1.54) is 0 Å². The predicted octanol–water partition coefficient (Wildman–Crippen LogP) is 9.60. The molecule has 8 atom stereocenters. The average Bonchev–Trinajstić information content (AvgIpc) is 3.69. The summed E-state index contributed by atoms with van der Waals surface area (Å²) in [5.74, 6) is -0.0296. The second-order valence-corrected chi connectivity index (χ2v) is 20.3. The monoisotopic (exact) mass is 838 g/mol. The van der Waals surface area contributed by atoms with Gasteiger partial charge in [0.1, 0.15) is 8.12 Å². The zero-order valence-electron chi connectivity index (χ0n) is 20.5. The van der Waals surface area contributed by atoms with E-state index in [1.54, 1.807) is 0 Å². The first-order chi connectivity index (χ1) is 16.5. The summed E-state index contributed by atoms with van der Waals surface area (Å²) in [5.41, 5.74) is -0.877. The maximum absolute atomic E-state index is 12.2. The summed E-state index contributed by atoms with van der Waals surface area (Å²) in [6.45, 7) is 3.77. The van der Waals surface area contributed by atoms with Crippen LogP contribution < -0.4 is 0 Å². The average molecular weight is 844 g/mol. The fourth-order valence-electron chi connectivity index (χ4n) is 5.05. The van der Waals surface area contributed by atoms with Gasteiger partial charge in [0.15, 0.2) is 11.6 Å². The lowest BCUT2D eigenvalue weighted by atomic mass is 9.90. The van der Waals surface area contributed by atoms with Crippen LogP contribution in [0.5, 0.6) is 0 Å². The van der Waals surface area contributed by atoms with Crippen molar-refractivity contribution in [3.8, 4) is 12.3 Å². The molecule has 0 bridgehead atoms. The molecule has 3 rings (SSSR count). The van der Waals surface area contributed by atoms with Crippen LogP contribution in [0.25, 0.3) is 0 Å². The maximum Gasteiger partial charge on any atom is 0.177 e. The van der Waals surface area contributed by atoms with Crippen LogP contribution in [0.15, 0.2) is 0 Å². The van der Waals surface area contributed by atoms with Gasteiger partial charge in [-0.05, 0) is 51.9 Å². The maximum atomic E-state index is 12.2. The summed E-state index contributed by atoms with van der Waals surface area (Å²) >= 11 is 41.0. The van der Waals surface area contributed by atoms with E-state index in [1.807, 2.05) is 13.8 Å². The Bertz CT molecular complexity index is 839. The molecule has 0 spiro atoms. The van der Waals surface area contributed by atoms with Gasteiger partial charge in [0.05, 0.1) is 14.8 Å². The second kappa shape index (κ2) is 12.0. The van der Waals surface area contributed by atoms with Gasteiger partial charge in [-0.1, -0.05) is 70.6 Å². The first-order valence-corrected chi connectivity index (χ1v) is 17.4. The van der Waals surface area contributed by atoms with Gasteiger partial charge in [0, 0.05) is 41.8 Å². The lowest BCUT2D eigenvalue weighted by Gasteiger charge is -2.47. The van der Waals surface area contributed by atoms with Crippen molar-refractivity contribution < 1.29 is 14.6 Å². The summed E-state index contributed by atoms with van der Waals surface area (Å²) in [5, 5.41) is 12.8. The number of rotatable bonds is 16. The van der Waals surface area contributed by atoms with Crippen molar-refractivity contribution in [3.63, 3.8) is 0 Å². The van der Waals surface area contributed by atoms with E-state index in [4.69, 9.17) is 62.3 Å². The molecule has 3 aliphatic rings. The molecule has 3 fully saturated rings. The summed E-state index contributed by atoms with van der Waals surface area (Å²) in [4.78, 5) is 0. The smallest absolute Gasteiger partial charge is 0.177 e. The Balaban J connectivity index is 2.00. The highest BCUT2D eigenvalue weighted by molar-refractivity contribution is 9.25. The zero-order chi connectivity index (χ0) is 27.2. The van der Waals surface area contributed by atoms with Crippen molar-refractivity contribution in [3.05, 3.63) is 0 Å². The largest absolute Gasteiger partial charge is 0.365 e. The number of aliphatic hydroxyl groups is 1. The molecular formula is C25H34Br4Cl4O3. The van der Waals surface area contributed by atoms with Gasteiger partial charge in [-0.25, -0.2) is 0 Å². The van der Waals surface area contributed by atoms with Crippen LogP contribution in [-0.4, -0.2) is 44.8 Å². The summed E-state index contributed by atoms with van der Waals surface area (Å²) < 4.78 is 12.0. The molecular weight excluding hydrogens is 810 g/mol. The van der Waals surface area contributed by atoms with Crippen molar-refractivity contribution in [2.45, 2.75) is 112 Å². The zero-order valence-corrected chi connectivity index (χ0v) is 29.8. The minimum absolute atomic E-state index is 0.0691. The molecule has 0 aromatic rings. The summed E-state index contributed by atoms with van der Waals surface area (Å²) in [7, 11) is 0. The van der Waals surface area contributed by atoms with Gasteiger partial charge in [-0.15, -0.1) is 58.7 Å². The molecule has 1 N–H and O–H groups in total. The van der Waals surface area contributed by atoms with Crippen LogP contribution in [0.4, 0.5) is 0 Å². The van der Waals surface area contributed by atoms with Crippen molar-refractivity contribution in [1.82, 2.24) is 0 Å². The molecule has 3 nitrogen and oxygen atoms in total. The highest BCUT2D eigenvalue weighted by Gasteiger charge is 2.76. The number of ether oxygens (including phenoxy) is 2. The van der Waals surface area contributed by atoms with Gasteiger partial charge < -0.3 is 14.6 Å². The van der Waals surface area contributed by atoms with Crippen LogP contribution in [-0.2, 0) is 9.47 Å². The van der Waals surface area contributed by atoms with Crippen molar-refractivity contribution in [1.29, 1.82) is 0 Å². The normalized spacial score (nSPS) is 36.7. The summed E-state index contributed by atoms with van der Waals surface area (Å²) in [6, 6.07) is 0. The van der Waals surface area contributed by atoms with Gasteiger partial charge in [0.25, 0.3) is 0 Å². The van der Waals surface area contributed by atoms with Crippen LogP contribution >= 0.6 is 110 Å². The van der Waals surface area contributed by atoms with Crippen molar-refractivity contribution in [2.24, 2.45) is 17.3 Å². The van der Waals surface area contributed by atoms with E-state index in [9.17, 15) is 5.11 Å². The Morgan fingerprint density at radius 2 is 1.72 bits per heavy atom. The van der Waals surface area contributed by atoms with Gasteiger partial charge >= 0.3 is 0 Å². The van der Waals surface area contributed by atoms with E-state index >= 15 is 0 Å². The molecule has 208 valence electrons. The molecule has 0 aromatic carbocycles. The van der Waals surface area contributed by atoms with Gasteiger partial charge in [0.2, 0.25) is 0 Å². The third kappa shape index (κ3) is 7.29. The van der Waals surface area contributed by atoms with E-state index in [2.05, 4.69) is 69.6 Å². The molecule has 3 saturated carbocycles. The molecule has 0 heterocycles. The molecule has 8 unspecified atom stereocenters. The van der Waals surface area contributed by atoms with E-state index in [0.29, 0.717) is 25.7 Å². The lowest BCUT2D eigenvalue weighted by Crippen LogP contribution is -2.55. The number of hydrogen-bond acceptors (Lipinski definition) is 3. The van der Waals surface area contributed by atoms with Crippen LogP contribution in [0.2, 0.25) is 0 Å². The molecule has 0 radical (unpaired) electrons. The SMILES string of the molecule is C#CCCCC(OC(CCCBr)(OC(O)(CCC(C)Cl)C1(C)CC1(Cl)Cl)C1CC1(Br)Br)C1CC1(Cl)Br. The molecule has 0 aromatic heterocycles.